The first-order valence-electron chi connectivity index (χ1n) is 6.69. The van der Waals surface area contributed by atoms with Crippen molar-refractivity contribution >= 4 is 24.8 Å². The molecule has 1 aromatic rings. The van der Waals surface area contributed by atoms with E-state index in [-0.39, 0.29) is 11.5 Å². The third-order valence-corrected chi connectivity index (χ3v) is 2.69. The number of carbonyl (C=O) groups excluding carboxylic acids is 1. The molecule has 0 unspecified atom stereocenters. The fourth-order valence-corrected chi connectivity index (χ4v) is 1.58. The van der Waals surface area contributed by atoms with Gasteiger partial charge in [-0.2, -0.15) is 0 Å². The average Bonchev–Trinajstić information content (AvgIpc) is 2.43. The van der Waals surface area contributed by atoms with Crippen molar-refractivity contribution in [1.29, 1.82) is 0 Å². The molecular weight excluding hydrogens is 279 g/mol. The standard InChI is InChI=1S/C15H21BN4O2/c1-15(2,3)22-14(21)19-10-5-7-11(8-6-10)20(4)13(18)12(17)9-16/h5-8H,17-18H2,1-4H3,(H,19,21)/b13-12-. The Labute approximate surface area is 131 Å². The van der Waals surface area contributed by atoms with E-state index in [0.29, 0.717) is 5.69 Å². The van der Waals surface area contributed by atoms with Gasteiger partial charge in [-0.15, -0.1) is 0 Å². The van der Waals surface area contributed by atoms with E-state index in [4.69, 9.17) is 23.5 Å². The maximum absolute atomic E-state index is 11.7. The summed E-state index contributed by atoms with van der Waals surface area (Å²) in [5, 5.41) is 2.65. The van der Waals surface area contributed by atoms with E-state index in [1.54, 1.807) is 57.0 Å². The van der Waals surface area contributed by atoms with E-state index in [1.165, 1.54) is 0 Å². The molecule has 116 valence electrons. The van der Waals surface area contributed by atoms with Crippen LogP contribution in [0.3, 0.4) is 0 Å². The monoisotopic (exact) mass is 300 g/mol. The molecule has 0 aliphatic heterocycles. The predicted octanol–water partition coefficient (Wildman–Crippen LogP) is 1.68. The minimum absolute atomic E-state index is 0.165. The Morgan fingerprint density at radius 2 is 1.82 bits per heavy atom. The summed E-state index contributed by atoms with van der Waals surface area (Å²) in [6.07, 6.45) is -0.510. The molecule has 1 aromatic carbocycles. The van der Waals surface area contributed by atoms with Gasteiger partial charge in [0.2, 0.25) is 0 Å². The molecule has 0 atom stereocenters. The Morgan fingerprint density at radius 3 is 2.27 bits per heavy atom. The van der Waals surface area contributed by atoms with Crippen LogP contribution in [0.25, 0.3) is 0 Å². The van der Waals surface area contributed by atoms with E-state index in [9.17, 15) is 4.79 Å². The van der Waals surface area contributed by atoms with Gasteiger partial charge in [-0.1, -0.05) is 0 Å². The van der Waals surface area contributed by atoms with E-state index in [0.717, 1.165) is 5.69 Å². The molecule has 0 aliphatic carbocycles. The number of nitrogens with two attached hydrogens (primary N) is 2. The third-order valence-electron chi connectivity index (χ3n) is 2.69. The Bertz CT molecular complexity index is 612. The minimum atomic E-state index is -0.545. The van der Waals surface area contributed by atoms with Gasteiger partial charge in [-0.25, -0.2) is 0 Å². The Balaban J connectivity index is 2.80. The summed E-state index contributed by atoms with van der Waals surface area (Å²) >= 11 is 0. The van der Waals surface area contributed by atoms with E-state index in [2.05, 4.69) is 11.1 Å². The maximum atomic E-state index is 11.7. The van der Waals surface area contributed by atoms with Gasteiger partial charge in [-0.3, -0.25) is 0 Å². The summed E-state index contributed by atoms with van der Waals surface area (Å²) in [6, 6.07) is 7.02. The molecule has 6 nitrogen and oxygen atoms in total. The van der Waals surface area contributed by atoms with Crippen LogP contribution < -0.4 is 21.7 Å². The van der Waals surface area contributed by atoms with Crippen LogP contribution in [0.2, 0.25) is 0 Å². The number of anilines is 2. The molecule has 0 fully saturated rings. The number of carbonyl (C=O) groups is 1. The molecule has 0 saturated carbocycles. The normalized spacial score (nSPS) is 12.1. The van der Waals surface area contributed by atoms with Gasteiger partial charge in [0.15, 0.2) is 0 Å². The summed E-state index contributed by atoms with van der Waals surface area (Å²) in [5.41, 5.74) is 12.5. The first kappa shape index (κ1) is 17.5. The molecule has 0 aromatic heterocycles. The molecule has 7 heteroatoms. The van der Waals surface area contributed by atoms with Gasteiger partial charge < -0.3 is 0 Å². The molecule has 0 bridgehead atoms. The number of nitrogens with one attached hydrogen (secondary N) is 1. The van der Waals surface area contributed by atoms with Crippen LogP contribution in [0.5, 0.6) is 0 Å². The molecule has 22 heavy (non-hydrogen) atoms. The van der Waals surface area contributed by atoms with Crippen LogP contribution in [-0.2, 0) is 4.74 Å². The molecular formula is C15H21BN4O2. The fourth-order valence-electron chi connectivity index (χ4n) is 1.58. The number of allylic oxidation sites excluding steroid dienone is 1. The van der Waals surface area contributed by atoms with E-state index >= 15 is 0 Å². The number of benzene rings is 1. The van der Waals surface area contributed by atoms with Crippen LogP contribution >= 0.6 is 0 Å². The van der Waals surface area contributed by atoms with Crippen molar-refractivity contribution in [3.63, 3.8) is 0 Å². The number of hydrogen-bond donors (Lipinski definition) is 3. The molecule has 5 N–H and O–H groups in total. The summed E-state index contributed by atoms with van der Waals surface area (Å²) in [6.45, 7) is 5.40. The van der Waals surface area contributed by atoms with Crippen LogP contribution in [0.4, 0.5) is 16.2 Å². The summed E-state index contributed by atoms with van der Waals surface area (Å²) in [5.74, 6) is 2.58. The van der Waals surface area contributed by atoms with Crippen molar-refractivity contribution in [2.45, 2.75) is 26.4 Å². The number of hydrogen-bond acceptors (Lipinski definition) is 5. The molecule has 0 heterocycles. The quantitative estimate of drug-likeness (QED) is 0.738. The first-order chi connectivity index (χ1) is 10.1. The molecule has 0 saturated heterocycles. The average molecular weight is 300 g/mol. The van der Waals surface area contributed by atoms with Gasteiger partial charge in [0, 0.05) is 0 Å². The second-order valence-corrected chi connectivity index (χ2v) is 5.68. The number of nitrogens with zero attached hydrogens (tertiary/aromatic N) is 1. The fraction of sp³-hybridized carbons (Fsp3) is 0.333. The van der Waals surface area contributed by atoms with Crippen molar-refractivity contribution < 1.29 is 9.53 Å². The van der Waals surface area contributed by atoms with E-state index in [1.807, 2.05) is 0 Å². The molecule has 1 amide bonds. The van der Waals surface area contributed by atoms with Crippen LogP contribution in [0.1, 0.15) is 20.8 Å². The molecule has 1 rings (SSSR count). The second kappa shape index (κ2) is 6.96. The van der Waals surface area contributed by atoms with Crippen molar-refractivity contribution in [2.75, 3.05) is 17.3 Å². The molecule has 0 spiro atoms. The van der Waals surface area contributed by atoms with Gasteiger partial charge in [0.1, 0.15) is 0 Å². The Morgan fingerprint density at radius 1 is 1.27 bits per heavy atom. The second-order valence-electron chi connectivity index (χ2n) is 5.68. The Hall–Kier alpha value is -2.53. The van der Waals surface area contributed by atoms with Crippen LogP contribution in [0, 0.1) is 5.80 Å². The molecule has 0 aliphatic rings. The Kier molecular flexibility index (Phi) is 5.54. The van der Waals surface area contributed by atoms with E-state index < -0.39 is 11.7 Å². The zero-order valence-electron chi connectivity index (χ0n) is 13.3. The van der Waals surface area contributed by atoms with Crippen molar-refractivity contribution in [1.82, 2.24) is 0 Å². The van der Waals surface area contributed by atoms with Crippen LogP contribution in [-0.4, -0.2) is 26.1 Å². The van der Waals surface area contributed by atoms with Gasteiger partial charge in [0.25, 0.3) is 0 Å². The zero-order valence-corrected chi connectivity index (χ0v) is 13.3. The number of rotatable bonds is 3. The summed E-state index contributed by atoms with van der Waals surface area (Å²) in [7, 11) is 6.96. The first-order valence-corrected chi connectivity index (χ1v) is 6.69. The van der Waals surface area contributed by atoms with Gasteiger partial charge >= 0.3 is 110 Å². The number of ether oxygens (including phenoxy) is 1. The van der Waals surface area contributed by atoms with Gasteiger partial charge in [0.05, 0.1) is 0 Å². The summed E-state index contributed by atoms with van der Waals surface area (Å²) in [4.78, 5) is 13.3. The van der Waals surface area contributed by atoms with Crippen molar-refractivity contribution in [2.24, 2.45) is 11.5 Å². The topological polar surface area (TPSA) is 93.6 Å². The molecule has 0 radical (unpaired) electrons. The number of amides is 1. The third kappa shape index (κ3) is 5.11. The zero-order chi connectivity index (χ0) is 16.9. The SMILES string of the molecule is B#C/C(N)=C(\N)N(C)c1ccc(NC(=O)OC(C)(C)C)cc1. The summed E-state index contributed by atoms with van der Waals surface area (Å²) < 4.78 is 5.18. The van der Waals surface area contributed by atoms with Crippen LogP contribution in [0.15, 0.2) is 35.8 Å². The van der Waals surface area contributed by atoms with Crippen molar-refractivity contribution in [3.05, 3.63) is 35.8 Å². The van der Waals surface area contributed by atoms with Crippen molar-refractivity contribution in [3.8, 4) is 5.80 Å². The van der Waals surface area contributed by atoms with Gasteiger partial charge in [-0.05, 0) is 20.8 Å². The predicted molar refractivity (Wildman–Crippen MR) is 89.7 cm³/mol.